The number of hydrogen-bond acceptors (Lipinski definition) is 2. The van der Waals surface area contributed by atoms with Gasteiger partial charge in [0.05, 0.1) is 6.04 Å². The third-order valence-corrected chi connectivity index (χ3v) is 4.26. The number of rotatable bonds is 5. The topological polar surface area (TPSA) is 32.3 Å². The number of carbonyl (C=O) groups is 1. The number of nitrogens with zero attached hydrogens (tertiary/aromatic N) is 1. The lowest BCUT2D eigenvalue weighted by molar-refractivity contribution is -0.123. The van der Waals surface area contributed by atoms with Gasteiger partial charge < -0.3 is 10.2 Å². The quantitative estimate of drug-likeness (QED) is 0.895. The van der Waals surface area contributed by atoms with Crippen LogP contribution in [-0.4, -0.2) is 30.9 Å². The number of benzene rings is 1. The van der Waals surface area contributed by atoms with Gasteiger partial charge in [0.1, 0.15) is 0 Å². The van der Waals surface area contributed by atoms with Crippen LogP contribution < -0.4 is 5.32 Å². The highest BCUT2D eigenvalue weighted by Crippen LogP contribution is 2.21. The number of carbonyl (C=O) groups excluding carboxylic acids is 1. The van der Waals surface area contributed by atoms with Gasteiger partial charge in [0, 0.05) is 6.42 Å². The number of piperidine rings is 1. The average molecular weight is 274 g/mol. The second-order valence-corrected chi connectivity index (χ2v) is 5.89. The van der Waals surface area contributed by atoms with Gasteiger partial charge in [0.2, 0.25) is 5.91 Å². The van der Waals surface area contributed by atoms with Crippen LogP contribution in [0.15, 0.2) is 30.3 Å². The number of likely N-dealkylation sites (tertiary alicyclic amines) is 1. The molecule has 3 nitrogen and oxygen atoms in total. The summed E-state index contributed by atoms with van der Waals surface area (Å²) >= 11 is 0. The molecule has 0 bridgehead atoms. The van der Waals surface area contributed by atoms with E-state index >= 15 is 0 Å². The van der Waals surface area contributed by atoms with Crippen LogP contribution in [0.2, 0.25) is 0 Å². The Morgan fingerprint density at radius 1 is 1.30 bits per heavy atom. The molecule has 1 aliphatic heterocycles. The van der Waals surface area contributed by atoms with Crippen molar-refractivity contribution in [2.45, 2.75) is 38.6 Å². The fraction of sp³-hybridized carbons (Fsp3) is 0.588. The van der Waals surface area contributed by atoms with E-state index in [4.69, 9.17) is 0 Å². The predicted molar refractivity (Wildman–Crippen MR) is 82.5 cm³/mol. The SMILES string of the molecule is CC[C@H](NC(=O)CC1CCN(C)CC1)c1ccccc1. The van der Waals surface area contributed by atoms with Gasteiger partial charge in [0.25, 0.3) is 0 Å². The van der Waals surface area contributed by atoms with E-state index in [1.54, 1.807) is 0 Å². The van der Waals surface area contributed by atoms with Gasteiger partial charge in [-0.15, -0.1) is 0 Å². The Morgan fingerprint density at radius 3 is 2.55 bits per heavy atom. The third-order valence-electron chi connectivity index (χ3n) is 4.26. The molecule has 2 rings (SSSR count). The lowest BCUT2D eigenvalue weighted by Crippen LogP contribution is -2.34. The predicted octanol–water partition coefficient (Wildman–Crippen LogP) is 2.99. The van der Waals surface area contributed by atoms with E-state index < -0.39 is 0 Å². The maximum atomic E-state index is 12.2. The largest absolute Gasteiger partial charge is 0.349 e. The van der Waals surface area contributed by atoms with E-state index in [2.05, 4.69) is 36.3 Å². The number of hydrogen-bond donors (Lipinski definition) is 1. The molecular formula is C17H26N2O. The van der Waals surface area contributed by atoms with Crippen LogP contribution in [0.1, 0.15) is 44.2 Å². The summed E-state index contributed by atoms with van der Waals surface area (Å²) in [6, 6.07) is 10.4. The number of amides is 1. The molecule has 0 radical (unpaired) electrons. The first-order chi connectivity index (χ1) is 9.69. The fourth-order valence-electron chi connectivity index (χ4n) is 2.89. The van der Waals surface area contributed by atoms with E-state index in [0.29, 0.717) is 12.3 Å². The zero-order valence-corrected chi connectivity index (χ0v) is 12.6. The Hall–Kier alpha value is -1.35. The molecule has 3 heteroatoms. The van der Waals surface area contributed by atoms with Gasteiger partial charge in [-0.2, -0.15) is 0 Å². The van der Waals surface area contributed by atoms with Gasteiger partial charge in [0.15, 0.2) is 0 Å². The molecule has 1 aromatic carbocycles. The zero-order valence-electron chi connectivity index (χ0n) is 12.6. The normalized spacial score (nSPS) is 18.7. The number of nitrogens with one attached hydrogen (secondary N) is 1. The zero-order chi connectivity index (χ0) is 14.4. The lowest BCUT2D eigenvalue weighted by atomic mass is 9.93. The van der Waals surface area contributed by atoms with E-state index in [1.165, 1.54) is 5.56 Å². The first kappa shape index (κ1) is 15.0. The fourth-order valence-corrected chi connectivity index (χ4v) is 2.89. The van der Waals surface area contributed by atoms with E-state index in [0.717, 1.165) is 32.4 Å². The first-order valence-corrected chi connectivity index (χ1v) is 7.72. The standard InChI is InChI=1S/C17H26N2O/c1-3-16(15-7-5-4-6-8-15)18-17(20)13-14-9-11-19(2)12-10-14/h4-8,14,16H,3,9-13H2,1-2H3,(H,18,20)/t16-/m0/s1. The average Bonchev–Trinajstić information content (AvgIpc) is 2.48. The molecular weight excluding hydrogens is 248 g/mol. The molecule has 0 unspecified atom stereocenters. The molecule has 0 aliphatic carbocycles. The Bertz CT molecular complexity index is 410. The van der Waals surface area contributed by atoms with Crippen molar-refractivity contribution in [3.63, 3.8) is 0 Å². The summed E-state index contributed by atoms with van der Waals surface area (Å²) in [5.41, 5.74) is 1.20. The van der Waals surface area contributed by atoms with E-state index in [9.17, 15) is 4.79 Å². The Labute approximate surface area is 122 Å². The molecule has 0 aromatic heterocycles. The molecule has 0 saturated carbocycles. The van der Waals surface area contributed by atoms with Crippen molar-refractivity contribution >= 4 is 5.91 Å². The summed E-state index contributed by atoms with van der Waals surface area (Å²) in [4.78, 5) is 14.6. The molecule has 1 aliphatic rings. The molecule has 20 heavy (non-hydrogen) atoms. The maximum Gasteiger partial charge on any atom is 0.220 e. The van der Waals surface area contributed by atoms with Gasteiger partial charge in [-0.25, -0.2) is 0 Å². The highest BCUT2D eigenvalue weighted by Gasteiger charge is 2.21. The summed E-state index contributed by atoms with van der Waals surface area (Å²) in [6.45, 7) is 4.36. The maximum absolute atomic E-state index is 12.2. The van der Waals surface area contributed by atoms with Crippen molar-refractivity contribution in [2.24, 2.45) is 5.92 Å². The highest BCUT2D eigenvalue weighted by molar-refractivity contribution is 5.76. The summed E-state index contributed by atoms with van der Waals surface area (Å²) in [7, 11) is 2.15. The van der Waals surface area contributed by atoms with Gasteiger partial charge >= 0.3 is 0 Å². The second kappa shape index (κ2) is 7.44. The van der Waals surface area contributed by atoms with Crippen molar-refractivity contribution < 1.29 is 4.79 Å². The molecule has 1 atom stereocenters. The van der Waals surface area contributed by atoms with Crippen molar-refractivity contribution in [2.75, 3.05) is 20.1 Å². The Kier molecular flexibility index (Phi) is 5.60. The van der Waals surface area contributed by atoms with Gasteiger partial charge in [-0.05, 0) is 50.9 Å². The van der Waals surface area contributed by atoms with Crippen LogP contribution >= 0.6 is 0 Å². The van der Waals surface area contributed by atoms with E-state index in [1.807, 2.05) is 18.2 Å². The van der Waals surface area contributed by atoms with Crippen molar-refractivity contribution in [1.82, 2.24) is 10.2 Å². The second-order valence-electron chi connectivity index (χ2n) is 5.89. The minimum atomic E-state index is 0.148. The summed E-state index contributed by atoms with van der Waals surface area (Å²) in [5, 5.41) is 3.19. The summed E-state index contributed by atoms with van der Waals surface area (Å²) < 4.78 is 0. The molecule has 1 heterocycles. The third kappa shape index (κ3) is 4.34. The smallest absolute Gasteiger partial charge is 0.220 e. The summed E-state index contributed by atoms with van der Waals surface area (Å²) in [5.74, 6) is 0.759. The van der Waals surface area contributed by atoms with Crippen LogP contribution in [0.5, 0.6) is 0 Å². The van der Waals surface area contributed by atoms with Crippen LogP contribution in [-0.2, 0) is 4.79 Å². The Balaban J connectivity index is 1.84. The minimum absolute atomic E-state index is 0.148. The Morgan fingerprint density at radius 2 is 1.95 bits per heavy atom. The van der Waals surface area contributed by atoms with Crippen LogP contribution in [0.3, 0.4) is 0 Å². The monoisotopic (exact) mass is 274 g/mol. The van der Waals surface area contributed by atoms with E-state index in [-0.39, 0.29) is 11.9 Å². The molecule has 1 fully saturated rings. The van der Waals surface area contributed by atoms with Crippen molar-refractivity contribution in [3.8, 4) is 0 Å². The van der Waals surface area contributed by atoms with Crippen LogP contribution in [0, 0.1) is 5.92 Å². The molecule has 1 N–H and O–H groups in total. The van der Waals surface area contributed by atoms with Crippen molar-refractivity contribution in [1.29, 1.82) is 0 Å². The molecule has 110 valence electrons. The highest BCUT2D eigenvalue weighted by atomic mass is 16.1. The molecule has 1 saturated heterocycles. The van der Waals surface area contributed by atoms with Crippen molar-refractivity contribution in [3.05, 3.63) is 35.9 Å². The minimum Gasteiger partial charge on any atom is -0.349 e. The molecule has 0 spiro atoms. The molecule has 1 aromatic rings. The first-order valence-electron chi connectivity index (χ1n) is 7.72. The van der Waals surface area contributed by atoms with Crippen LogP contribution in [0.25, 0.3) is 0 Å². The summed E-state index contributed by atoms with van der Waals surface area (Å²) in [6.07, 6.45) is 3.90. The van der Waals surface area contributed by atoms with Gasteiger partial charge in [-0.1, -0.05) is 37.3 Å². The lowest BCUT2D eigenvalue weighted by Gasteiger charge is -2.29. The van der Waals surface area contributed by atoms with Crippen LogP contribution in [0.4, 0.5) is 0 Å². The van der Waals surface area contributed by atoms with Gasteiger partial charge in [-0.3, -0.25) is 4.79 Å². The molecule has 1 amide bonds.